The molecule has 5 N–H and O–H groups in total. The Morgan fingerprint density at radius 1 is 1.25 bits per heavy atom. The van der Waals surface area contributed by atoms with Crippen molar-refractivity contribution in [3.8, 4) is 5.75 Å². The van der Waals surface area contributed by atoms with Gasteiger partial charge in [0.15, 0.2) is 0 Å². The van der Waals surface area contributed by atoms with Crippen LogP contribution in [-0.2, 0) is 16.4 Å². The molecule has 0 spiro atoms. The zero-order valence-corrected chi connectivity index (χ0v) is 21.9. The lowest BCUT2D eigenvalue weighted by atomic mass is 9.73. The topological polar surface area (TPSA) is 122 Å². The largest absolute Gasteiger partial charge is 0.508 e. The summed E-state index contributed by atoms with van der Waals surface area (Å²) in [5, 5.41) is 9.89. The Kier molecular flexibility index (Phi) is 7.50. The second-order valence-corrected chi connectivity index (χ2v) is 12.3. The van der Waals surface area contributed by atoms with Gasteiger partial charge in [0.2, 0.25) is 10.0 Å². The number of aromatic nitrogens is 2. The lowest BCUT2D eigenvalue weighted by molar-refractivity contribution is 0.276. The van der Waals surface area contributed by atoms with E-state index in [9.17, 15) is 13.5 Å². The van der Waals surface area contributed by atoms with Crippen molar-refractivity contribution in [3.63, 3.8) is 0 Å². The summed E-state index contributed by atoms with van der Waals surface area (Å²) in [6, 6.07) is 6.38. The van der Waals surface area contributed by atoms with Crippen LogP contribution in [0.25, 0.3) is 5.57 Å². The summed E-state index contributed by atoms with van der Waals surface area (Å²) in [6.45, 7) is 4.27. The van der Waals surface area contributed by atoms with E-state index in [0.29, 0.717) is 30.2 Å². The minimum Gasteiger partial charge on any atom is -0.508 e. The number of rotatable bonds is 8. The molecule has 2 aliphatic heterocycles. The molecule has 4 unspecified atom stereocenters. The summed E-state index contributed by atoms with van der Waals surface area (Å²) >= 11 is 0. The highest BCUT2D eigenvalue weighted by molar-refractivity contribution is 7.89. The van der Waals surface area contributed by atoms with Crippen LogP contribution < -0.4 is 15.6 Å². The molecule has 1 saturated heterocycles. The van der Waals surface area contributed by atoms with Crippen LogP contribution in [0.1, 0.15) is 67.2 Å². The maximum Gasteiger partial charge on any atom is 0.212 e. The molecule has 196 valence electrons. The molecule has 1 aromatic carbocycles. The number of phenols is 1. The van der Waals surface area contributed by atoms with E-state index in [-0.39, 0.29) is 11.8 Å². The monoisotopic (exact) mass is 514 g/mol. The first kappa shape index (κ1) is 25.4. The summed E-state index contributed by atoms with van der Waals surface area (Å²) in [5.41, 5.74) is 12.0. The third-order valence-corrected chi connectivity index (χ3v) is 9.56. The molecule has 0 radical (unpaired) electrons. The molecule has 0 amide bonds. The highest BCUT2D eigenvalue weighted by Gasteiger charge is 2.42. The highest BCUT2D eigenvalue weighted by Crippen LogP contribution is 2.44. The first-order valence-electron chi connectivity index (χ1n) is 13.1. The Hall–Kier alpha value is -2.24. The van der Waals surface area contributed by atoms with Crippen LogP contribution in [0, 0.1) is 5.92 Å². The maximum atomic E-state index is 11.7. The number of nitrogens with zero attached hydrogens (tertiary/aromatic N) is 2. The van der Waals surface area contributed by atoms with Crippen LogP contribution in [0.5, 0.6) is 5.75 Å². The smallest absolute Gasteiger partial charge is 0.212 e. The fourth-order valence-corrected chi connectivity index (χ4v) is 6.78. The van der Waals surface area contributed by atoms with E-state index in [1.807, 2.05) is 18.3 Å². The van der Waals surface area contributed by atoms with Gasteiger partial charge >= 0.3 is 0 Å². The van der Waals surface area contributed by atoms with Crippen LogP contribution in [0.2, 0.25) is 0 Å². The standard InChI is InChI=1S/C26H38N6O3S/c1-3-17-14-20(33)5-7-21(17)19-4-6-22-23(15-19)30-31-25(22)26-28-16-24(29-26)18-8-10-32(11-9-18)12-13-36(34,35)27-2/h5,7-8,14,16,19,22-23,25,27,30-31,33H,3-4,6,9-13,15H2,1-2H3,(H,28,29). The summed E-state index contributed by atoms with van der Waals surface area (Å²) < 4.78 is 25.8. The van der Waals surface area contributed by atoms with E-state index in [2.05, 4.69) is 44.5 Å². The lowest BCUT2D eigenvalue weighted by Crippen LogP contribution is -2.35. The molecule has 2 aromatic rings. The van der Waals surface area contributed by atoms with Crippen LogP contribution in [0.3, 0.4) is 0 Å². The minimum atomic E-state index is -3.18. The molecule has 3 heterocycles. The molecular weight excluding hydrogens is 476 g/mol. The number of hydrazine groups is 1. The van der Waals surface area contributed by atoms with E-state index in [4.69, 9.17) is 4.98 Å². The van der Waals surface area contributed by atoms with Gasteiger partial charge in [-0.25, -0.2) is 23.5 Å². The predicted octanol–water partition coefficient (Wildman–Crippen LogP) is 2.42. The van der Waals surface area contributed by atoms with Crippen molar-refractivity contribution in [2.24, 2.45) is 5.92 Å². The molecule has 1 aromatic heterocycles. The van der Waals surface area contributed by atoms with Crippen LogP contribution in [0.4, 0.5) is 0 Å². The molecule has 1 saturated carbocycles. The summed E-state index contributed by atoms with van der Waals surface area (Å²) in [7, 11) is -1.72. The molecular formula is C26H38N6O3S. The van der Waals surface area contributed by atoms with Crippen LogP contribution >= 0.6 is 0 Å². The van der Waals surface area contributed by atoms with Gasteiger partial charge in [-0.2, -0.15) is 0 Å². The van der Waals surface area contributed by atoms with Crippen LogP contribution in [0.15, 0.2) is 30.5 Å². The molecule has 36 heavy (non-hydrogen) atoms. The lowest BCUT2D eigenvalue weighted by Gasteiger charge is -2.33. The van der Waals surface area contributed by atoms with Crippen molar-refractivity contribution in [1.82, 2.24) is 30.4 Å². The first-order chi connectivity index (χ1) is 17.4. The van der Waals surface area contributed by atoms with E-state index in [1.165, 1.54) is 23.7 Å². The number of aromatic amines is 1. The Labute approximate surface area is 213 Å². The Balaban J connectivity index is 1.20. The second kappa shape index (κ2) is 10.6. The van der Waals surface area contributed by atoms with Crippen molar-refractivity contribution in [2.45, 2.75) is 57.0 Å². The fourth-order valence-electron chi connectivity index (χ4n) is 6.08. The number of aryl methyl sites for hydroxylation is 1. The van der Waals surface area contributed by atoms with Gasteiger partial charge in [-0.05, 0) is 79.8 Å². The SMILES string of the molecule is CCc1cc(O)ccc1C1CCC2C(C1)NNC2c1ncc(C2=CCN(CCS(=O)(=O)NC)CC2)[nH]1. The average molecular weight is 515 g/mol. The molecule has 9 nitrogen and oxygen atoms in total. The fraction of sp³-hybridized carbons (Fsp3) is 0.577. The van der Waals surface area contributed by atoms with Gasteiger partial charge in [0, 0.05) is 25.7 Å². The molecule has 10 heteroatoms. The zero-order valence-electron chi connectivity index (χ0n) is 21.1. The highest BCUT2D eigenvalue weighted by atomic mass is 32.2. The van der Waals surface area contributed by atoms with E-state index in [0.717, 1.165) is 56.7 Å². The van der Waals surface area contributed by atoms with Gasteiger partial charge in [-0.3, -0.25) is 10.3 Å². The number of hydrogen-bond acceptors (Lipinski definition) is 7. The number of nitrogens with one attached hydrogen (secondary N) is 4. The molecule has 0 bridgehead atoms. The maximum absolute atomic E-state index is 11.7. The van der Waals surface area contributed by atoms with Gasteiger partial charge in [-0.1, -0.05) is 19.1 Å². The Bertz CT molecular complexity index is 1210. The normalized spacial score (nSPS) is 27.1. The van der Waals surface area contributed by atoms with Crippen molar-refractivity contribution < 1.29 is 13.5 Å². The first-order valence-corrected chi connectivity index (χ1v) is 14.7. The van der Waals surface area contributed by atoms with Gasteiger partial charge in [0.1, 0.15) is 11.6 Å². The summed E-state index contributed by atoms with van der Waals surface area (Å²) in [6.07, 6.45) is 9.25. The number of fused-ring (bicyclic) bond motifs is 1. The quantitative estimate of drug-likeness (QED) is 0.367. The Morgan fingerprint density at radius 3 is 2.86 bits per heavy atom. The van der Waals surface area contributed by atoms with Crippen molar-refractivity contribution in [1.29, 1.82) is 0 Å². The summed E-state index contributed by atoms with van der Waals surface area (Å²) in [4.78, 5) is 10.5. The van der Waals surface area contributed by atoms with Gasteiger partial charge < -0.3 is 10.1 Å². The number of sulfonamides is 1. The van der Waals surface area contributed by atoms with Gasteiger partial charge in [-0.15, -0.1) is 0 Å². The third kappa shape index (κ3) is 5.38. The molecule has 2 fully saturated rings. The van der Waals surface area contributed by atoms with Crippen molar-refractivity contribution >= 4 is 15.6 Å². The molecule has 1 aliphatic carbocycles. The molecule has 3 aliphatic rings. The number of benzene rings is 1. The number of phenolic OH excluding ortho intramolecular Hbond substituents is 1. The van der Waals surface area contributed by atoms with Crippen molar-refractivity contribution in [3.05, 3.63) is 53.1 Å². The predicted molar refractivity (Wildman–Crippen MR) is 141 cm³/mol. The van der Waals surface area contributed by atoms with E-state index < -0.39 is 10.0 Å². The van der Waals surface area contributed by atoms with Crippen LogP contribution in [-0.4, -0.2) is 66.9 Å². The molecule has 4 atom stereocenters. The number of imidazole rings is 1. The third-order valence-electron chi connectivity index (χ3n) is 8.22. The average Bonchev–Trinajstić information content (AvgIpc) is 3.54. The minimum absolute atomic E-state index is 0.122. The summed E-state index contributed by atoms with van der Waals surface area (Å²) in [5.74, 6) is 2.43. The van der Waals surface area contributed by atoms with E-state index >= 15 is 0 Å². The zero-order chi connectivity index (χ0) is 25.3. The Morgan fingerprint density at radius 2 is 2.11 bits per heavy atom. The number of H-pyrrole nitrogens is 1. The second-order valence-electron chi connectivity index (χ2n) is 10.3. The number of hydrogen-bond donors (Lipinski definition) is 5. The van der Waals surface area contributed by atoms with E-state index in [1.54, 1.807) is 0 Å². The molecule has 5 rings (SSSR count). The van der Waals surface area contributed by atoms with Crippen molar-refractivity contribution in [2.75, 3.05) is 32.4 Å². The van der Waals surface area contributed by atoms with Gasteiger partial charge in [0.25, 0.3) is 0 Å². The number of aromatic hydroxyl groups is 1. The van der Waals surface area contributed by atoms with Gasteiger partial charge in [0.05, 0.1) is 23.7 Å².